The van der Waals surface area contributed by atoms with Gasteiger partial charge >= 0.3 is 5.97 Å². The van der Waals surface area contributed by atoms with E-state index in [1.54, 1.807) is 31.2 Å². The summed E-state index contributed by atoms with van der Waals surface area (Å²) in [6, 6.07) is 11.0. The molecule has 8 heteroatoms. The molecule has 0 spiro atoms. The summed E-state index contributed by atoms with van der Waals surface area (Å²) in [4.78, 5) is 57.6. The van der Waals surface area contributed by atoms with Crippen molar-refractivity contribution in [2.45, 2.75) is 13.0 Å². The van der Waals surface area contributed by atoms with E-state index in [1.165, 1.54) is 24.3 Å². The predicted octanol–water partition coefficient (Wildman–Crippen LogP) is 2.62. The summed E-state index contributed by atoms with van der Waals surface area (Å²) in [5.41, 5.74) is 0.643. The van der Waals surface area contributed by atoms with Gasteiger partial charge in [-0.25, -0.2) is 9.78 Å². The lowest BCUT2D eigenvalue weighted by Gasteiger charge is -2.13. The number of imide groups is 1. The third-order valence-electron chi connectivity index (χ3n) is 4.82. The van der Waals surface area contributed by atoms with Gasteiger partial charge in [-0.3, -0.25) is 19.3 Å². The maximum absolute atomic E-state index is 12.6. The van der Waals surface area contributed by atoms with Gasteiger partial charge in [0.2, 0.25) is 0 Å². The number of para-hydroxylation sites is 1. The van der Waals surface area contributed by atoms with Crippen LogP contribution in [-0.2, 0) is 4.74 Å². The van der Waals surface area contributed by atoms with Crippen LogP contribution in [0.25, 0.3) is 10.9 Å². The van der Waals surface area contributed by atoms with Gasteiger partial charge in [0.15, 0.2) is 11.9 Å². The van der Waals surface area contributed by atoms with Crippen molar-refractivity contribution in [3.8, 4) is 0 Å². The number of amides is 2. The zero-order chi connectivity index (χ0) is 21.4. The highest BCUT2D eigenvalue weighted by Crippen LogP contribution is 2.25. The molecule has 150 valence electrons. The molecule has 0 radical (unpaired) electrons. The lowest BCUT2D eigenvalue weighted by Crippen LogP contribution is -2.29. The molecule has 1 aliphatic heterocycles. The standard InChI is InChI=1S/C22H17N3O5/c1-3-10-25-20(27)14-9-8-13(11-16(14)21(25)28)22(29)30-12(2)18-23-17-7-5-4-6-15(17)19(26)24-18/h3-9,11-12H,1,10H2,2H3,(H,23,24,26)/t12-/m0/s1. The van der Waals surface area contributed by atoms with Crippen molar-refractivity contribution in [2.75, 3.05) is 6.54 Å². The molecular weight excluding hydrogens is 386 g/mol. The molecule has 4 rings (SSSR count). The van der Waals surface area contributed by atoms with E-state index < -0.39 is 23.9 Å². The van der Waals surface area contributed by atoms with Crippen molar-refractivity contribution in [2.24, 2.45) is 0 Å². The van der Waals surface area contributed by atoms with Crippen LogP contribution in [0.1, 0.15) is 49.9 Å². The average Bonchev–Trinajstić information content (AvgIpc) is 2.98. The van der Waals surface area contributed by atoms with E-state index in [1.807, 2.05) is 0 Å². The third-order valence-corrected chi connectivity index (χ3v) is 4.82. The Labute approximate surface area is 170 Å². The normalized spacial score (nSPS) is 14.0. The van der Waals surface area contributed by atoms with Crippen LogP contribution in [0.5, 0.6) is 0 Å². The van der Waals surface area contributed by atoms with Crippen molar-refractivity contribution in [1.82, 2.24) is 14.9 Å². The Kier molecular flexibility index (Phi) is 4.75. The Morgan fingerprint density at radius 1 is 1.17 bits per heavy atom. The van der Waals surface area contributed by atoms with Crippen LogP contribution in [0.15, 0.2) is 59.9 Å². The van der Waals surface area contributed by atoms with Crippen molar-refractivity contribution >= 4 is 28.7 Å². The van der Waals surface area contributed by atoms with Crippen LogP contribution >= 0.6 is 0 Å². The van der Waals surface area contributed by atoms with E-state index in [0.717, 1.165) is 4.90 Å². The second kappa shape index (κ2) is 7.40. The maximum Gasteiger partial charge on any atom is 0.338 e. The number of carbonyl (C=O) groups excluding carboxylic acids is 3. The van der Waals surface area contributed by atoms with E-state index in [-0.39, 0.29) is 34.6 Å². The summed E-state index contributed by atoms with van der Waals surface area (Å²) in [5.74, 6) is -1.42. The number of nitrogens with one attached hydrogen (secondary N) is 1. The van der Waals surface area contributed by atoms with Crippen LogP contribution in [0.2, 0.25) is 0 Å². The first-order chi connectivity index (χ1) is 14.4. The Bertz CT molecular complexity index is 1280. The number of rotatable bonds is 5. The number of aromatic amines is 1. The van der Waals surface area contributed by atoms with Gasteiger partial charge < -0.3 is 9.72 Å². The molecule has 1 N–H and O–H groups in total. The highest BCUT2D eigenvalue weighted by molar-refractivity contribution is 6.22. The number of fused-ring (bicyclic) bond motifs is 2. The number of carbonyl (C=O) groups is 3. The van der Waals surface area contributed by atoms with Gasteiger partial charge in [-0.05, 0) is 37.3 Å². The summed E-state index contributed by atoms with van der Waals surface area (Å²) >= 11 is 0. The van der Waals surface area contributed by atoms with Crippen LogP contribution in [0.3, 0.4) is 0 Å². The van der Waals surface area contributed by atoms with E-state index in [4.69, 9.17) is 4.74 Å². The lowest BCUT2D eigenvalue weighted by atomic mass is 10.1. The highest BCUT2D eigenvalue weighted by atomic mass is 16.5. The zero-order valence-electron chi connectivity index (χ0n) is 16.0. The van der Waals surface area contributed by atoms with E-state index in [0.29, 0.717) is 10.9 Å². The number of nitrogens with zero attached hydrogens (tertiary/aromatic N) is 2. The van der Waals surface area contributed by atoms with E-state index in [2.05, 4.69) is 16.5 Å². The van der Waals surface area contributed by atoms with Crippen molar-refractivity contribution < 1.29 is 19.1 Å². The summed E-state index contributed by atoms with van der Waals surface area (Å²) in [5, 5.41) is 0.436. The number of hydrogen-bond acceptors (Lipinski definition) is 6. The second-order valence-corrected chi connectivity index (χ2v) is 6.79. The molecule has 8 nitrogen and oxygen atoms in total. The van der Waals surface area contributed by atoms with Gasteiger partial charge in [-0.2, -0.15) is 0 Å². The fraction of sp³-hybridized carbons (Fsp3) is 0.136. The number of H-pyrrole nitrogens is 1. The Hall–Kier alpha value is -4.07. The summed E-state index contributed by atoms with van der Waals surface area (Å²) < 4.78 is 5.42. The van der Waals surface area contributed by atoms with Gasteiger partial charge in [0.1, 0.15) is 0 Å². The summed E-state index contributed by atoms with van der Waals surface area (Å²) in [6.07, 6.45) is 0.619. The number of hydrogen-bond donors (Lipinski definition) is 1. The van der Waals surface area contributed by atoms with Crippen LogP contribution in [0, 0.1) is 0 Å². The van der Waals surface area contributed by atoms with Gasteiger partial charge in [0, 0.05) is 6.54 Å². The Morgan fingerprint density at radius 2 is 1.90 bits per heavy atom. The first-order valence-corrected chi connectivity index (χ1v) is 9.21. The molecule has 0 saturated carbocycles. The van der Waals surface area contributed by atoms with Crippen LogP contribution in [0.4, 0.5) is 0 Å². The molecular formula is C22H17N3O5. The molecule has 0 unspecified atom stereocenters. The van der Waals surface area contributed by atoms with Crippen molar-refractivity contribution in [1.29, 1.82) is 0 Å². The molecule has 1 atom stereocenters. The smallest absolute Gasteiger partial charge is 0.338 e. The number of aromatic nitrogens is 2. The molecule has 0 fully saturated rings. The fourth-order valence-corrected chi connectivity index (χ4v) is 3.29. The van der Waals surface area contributed by atoms with Crippen molar-refractivity contribution in [3.05, 3.63) is 88.0 Å². The van der Waals surface area contributed by atoms with Gasteiger partial charge in [-0.1, -0.05) is 18.2 Å². The number of benzene rings is 2. The fourth-order valence-electron chi connectivity index (χ4n) is 3.29. The van der Waals surface area contributed by atoms with Crippen LogP contribution in [-0.4, -0.2) is 39.2 Å². The minimum Gasteiger partial charge on any atom is -0.451 e. The quantitative estimate of drug-likeness (QED) is 0.398. The monoisotopic (exact) mass is 403 g/mol. The van der Waals surface area contributed by atoms with Gasteiger partial charge in [0.25, 0.3) is 17.4 Å². The third kappa shape index (κ3) is 3.18. The zero-order valence-corrected chi connectivity index (χ0v) is 16.0. The second-order valence-electron chi connectivity index (χ2n) is 6.79. The molecule has 2 heterocycles. The molecule has 30 heavy (non-hydrogen) atoms. The molecule has 1 aliphatic rings. The molecule has 0 bridgehead atoms. The Balaban J connectivity index is 1.58. The Morgan fingerprint density at radius 3 is 2.67 bits per heavy atom. The number of ether oxygens (including phenoxy) is 1. The molecule has 0 saturated heterocycles. The predicted molar refractivity (Wildman–Crippen MR) is 108 cm³/mol. The molecule has 1 aromatic heterocycles. The van der Waals surface area contributed by atoms with Crippen molar-refractivity contribution in [3.63, 3.8) is 0 Å². The van der Waals surface area contributed by atoms with E-state index in [9.17, 15) is 19.2 Å². The van der Waals surface area contributed by atoms with E-state index >= 15 is 0 Å². The first kappa shape index (κ1) is 19.3. The topological polar surface area (TPSA) is 109 Å². The first-order valence-electron chi connectivity index (χ1n) is 9.21. The molecule has 2 aromatic carbocycles. The SMILES string of the molecule is C=CCN1C(=O)c2ccc(C(=O)O[C@@H](C)c3nc4ccccc4c(=O)[nH]3)cc2C1=O. The van der Waals surface area contributed by atoms with Gasteiger partial charge in [0.05, 0.1) is 27.6 Å². The van der Waals surface area contributed by atoms with Gasteiger partial charge in [-0.15, -0.1) is 6.58 Å². The minimum absolute atomic E-state index is 0.0875. The average molecular weight is 403 g/mol. The maximum atomic E-state index is 12.6. The molecule has 3 aromatic rings. The summed E-state index contributed by atoms with van der Waals surface area (Å²) in [6.45, 7) is 5.21. The molecule has 2 amide bonds. The highest BCUT2D eigenvalue weighted by Gasteiger charge is 2.35. The molecule has 0 aliphatic carbocycles. The minimum atomic E-state index is -0.836. The van der Waals surface area contributed by atoms with Crippen LogP contribution < -0.4 is 5.56 Å². The largest absolute Gasteiger partial charge is 0.451 e. The lowest BCUT2D eigenvalue weighted by molar-refractivity contribution is 0.0319. The summed E-state index contributed by atoms with van der Waals surface area (Å²) in [7, 11) is 0. The number of esters is 1.